The van der Waals surface area contributed by atoms with Crippen LogP contribution >= 0.6 is 11.8 Å². The summed E-state index contributed by atoms with van der Waals surface area (Å²) in [5, 5.41) is 13.0. The fourth-order valence-electron chi connectivity index (χ4n) is 3.99. The lowest BCUT2D eigenvalue weighted by atomic mass is 10.1. The van der Waals surface area contributed by atoms with Crippen molar-refractivity contribution in [1.29, 1.82) is 0 Å². The van der Waals surface area contributed by atoms with E-state index in [4.69, 9.17) is 4.74 Å². The summed E-state index contributed by atoms with van der Waals surface area (Å²) in [6, 6.07) is 19.9. The number of nitrogens with zero attached hydrogens (tertiary/aromatic N) is 2. The molecule has 1 aliphatic rings. The molecule has 0 aliphatic carbocycles. The summed E-state index contributed by atoms with van der Waals surface area (Å²) in [4.78, 5) is 18.4. The Hall–Kier alpha value is -2.54. The van der Waals surface area contributed by atoms with E-state index in [9.17, 15) is 9.90 Å². The second-order valence-electron chi connectivity index (χ2n) is 8.04. The van der Waals surface area contributed by atoms with Gasteiger partial charge in [-0.05, 0) is 61.6 Å². The Bertz CT molecular complexity index is 1070. The number of aliphatic hydroxyl groups excluding tert-OH is 1. The van der Waals surface area contributed by atoms with Gasteiger partial charge in [-0.15, -0.1) is 11.8 Å². The molecular formula is C25H28N2O3S. The summed E-state index contributed by atoms with van der Waals surface area (Å²) in [5.74, 6) is 0.500. The standard InChI is InChI=1S/C25H28N2O3S/c1-26(2)15-6-16-27-21-14-11-17-7-4-5-8-20(17)24(21)31-23(22(28)25(27)29)18-9-12-19(30-3)13-10-18/h4-5,7-14,22-23,28H,6,15-16H2,1-3H3/t22-,23+/m1/s1. The van der Waals surface area contributed by atoms with Gasteiger partial charge in [-0.3, -0.25) is 4.79 Å². The number of aliphatic hydroxyl groups is 1. The lowest BCUT2D eigenvalue weighted by Crippen LogP contribution is -2.41. The van der Waals surface area contributed by atoms with Gasteiger partial charge in [0.25, 0.3) is 5.91 Å². The van der Waals surface area contributed by atoms with Crippen molar-refractivity contribution in [3.05, 3.63) is 66.2 Å². The Labute approximate surface area is 187 Å². The predicted molar refractivity (Wildman–Crippen MR) is 127 cm³/mol. The summed E-state index contributed by atoms with van der Waals surface area (Å²) < 4.78 is 5.28. The summed E-state index contributed by atoms with van der Waals surface area (Å²) in [6.07, 6.45) is -0.306. The van der Waals surface area contributed by atoms with Crippen LogP contribution in [0.1, 0.15) is 17.2 Å². The lowest BCUT2D eigenvalue weighted by Gasteiger charge is -2.26. The van der Waals surface area contributed by atoms with Crippen molar-refractivity contribution in [1.82, 2.24) is 4.90 Å². The molecule has 5 nitrogen and oxygen atoms in total. The summed E-state index contributed by atoms with van der Waals surface area (Å²) in [5.41, 5.74) is 1.78. The fourth-order valence-corrected chi connectivity index (χ4v) is 5.39. The zero-order valence-electron chi connectivity index (χ0n) is 18.1. The van der Waals surface area contributed by atoms with Crippen LogP contribution in [0.25, 0.3) is 10.8 Å². The van der Waals surface area contributed by atoms with E-state index in [0.717, 1.165) is 45.6 Å². The average molecular weight is 437 g/mol. The van der Waals surface area contributed by atoms with E-state index in [-0.39, 0.29) is 5.91 Å². The van der Waals surface area contributed by atoms with Crippen LogP contribution in [0.3, 0.4) is 0 Å². The molecule has 0 bridgehead atoms. The van der Waals surface area contributed by atoms with Crippen LogP contribution in [0, 0.1) is 0 Å². The summed E-state index contributed by atoms with van der Waals surface area (Å²) in [6.45, 7) is 1.44. The molecule has 2 atom stereocenters. The molecular weight excluding hydrogens is 408 g/mol. The van der Waals surface area contributed by atoms with Crippen molar-refractivity contribution < 1.29 is 14.6 Å². The zero-order chi connectivity index (χ0) is 22.0. The number of carbonyl (C=O) groups is 1. The SMILES string of the molecule is COc1ccc([C@@H]2Sc3c(ccc4ccccc34)N(CCCN(C)C)C(=O)[C@@H]2O)cc1. The lowest BCUT2D eigenvalue weighted by molar-refractivity contribution is -0.126. The third-order valence-electron chi connectivity index (χ3n) is 5.63. The van der Waals surface area contributed by atoms with Crippen molar-refractivity contribution in [3.8, 4) is 5.75 Å². The van der Waals surface area contributed by atoms with E-state index in [1.165, 1.54) is 0 Å². The second-order valence-corrected chi connectivity index (χ2v) is 9.19. The van der Waals surface area contributed by atoms with Gasteiger partial charge in [0, 0.05) is 11.4 Å². The molecule has 4 rings (SSSR count). The van der Waals surface area contributed by atoms with Crippen LogP contribution in [-0.2, 0) is 4.79 Å². The molecule has 0 saturated heterocycles. The maximum absolute atomic E-state index is 13.5. The van der Waals surface area contributed by atoms with E-state index < -0.39 is 11.4 Å². The Morgan fingerprint density at radius 3 is 2.52 bits per heavy atom. The van der Waals surface area contributed by atoms with Gasteiger partial charge in [-0.25, -0.2) is 0 Å². The van der Waals surface area contributed by atoms with Crippen LogP contribution in [0.2, 0.25) is 0 Å². The van der Waals surface area contributed by atoms with Crippen LogP contribution in [0.4, 0.5) is 5.69 Å². The normalized spacial score (nSPS) is 18.9. The first kappa shape index (κ1) is 21.7. The monoisotopic (exact) mass is 436 g/mol. The molecule has 1 amide bonds. The molecule has 0 unspecified atom stereocenters. The number of carbonyl (C=O) groups excluding carboxylic acids is 1. The minimum atomic E-state index is -1.14. The Morgan fingerprint density at radius 1 is 1.06 bits per heavy atom. The highest BCUT2D eigenvalue weighted by molar-refractivity contribution is 8.00. The molecule has 0 radical (unpaired) electrons. The smallest absolute Gasteiger partial charge is 0.257 e. The zero-order valence-corrected chi connectivity index (χ0v) is 18.9. The van der Waals surface area contributed by atoms with Crippen LogP contribution in [0.15, 0.2) is 65.6 Å². The van der Waals surface area contributed by atoms with Crippen molar-refractivity contribution in [3.63, 3.8) is 0 Å². The van der Waals surface area contributed by atoms with Gasteiger partial charge in [0.15, 0.2) is 0 Å². The van der Waals surface area contributed by atoms with Crippen LogP contribution < -0.4 is 9.64 Å². The topological polar surface area (TPSA) is 53.0 Å². The van der Waals surface area contributed by atoms with Crippen LogP contribution in [0.5, 0.6) is 5.75 Å². The highest BCUT2D eigenvalue weighted by atomic mass is 32.2. The minimum absolute atomic E-state index is 0.249. The number of thioether (sulfide) groups is 1. The van der Waals surface area contributed by atoms with Gasteiger partial charge in [0.05, 0.1) is 18.0 Å². The number of hydrogen-bond acceptors (Lipinski definition) is 5. The first-order chi connectivity index (χ1) is 15.0. The number of amides is 1. The number of benzene rings is 3. The fraction of sp³-hybridized carbons (Fsp3) is 0.320. The van der Waals surface area contributed by atoms with Gasteiger partial charge in [0.2, 0.25) is 0 Å². The van der Waals surface area contributed by atoms with Crippen molar-refractivity contribution in [2.45, 2.75) is 22.7 Å². The molecule has 31 heavy (non-hydrogen) atoms. The first-order valence-corrected chi connectivity index (χ1v) is 11.3. The number of rotatable bonds is 6. The Kier molecular flexibility index (Phi) is 6.51. The molecule has 0 aromatic heterocycles. The summed E-state index contributed by atoms with van der Waals surface area (Å²) in [7, 11) is 5.67. The minimum Gasteiger partial charge on any atom is -0.497 e. The van der Waals surface area contributed by atoms with Gasteiger partial charge in [-0.1, -0.05) is 42.5 Å². The molecule has 162 valence electrons. The molecule has 0 saturated carbocycles. The molecule has 1 heterocycles. The Morgan fingerprint density at radius 2 is 1.81 bits per heavy atom. The van der Waals surface area contributed by atoms with Gasteiger partial charge < -0.3 is 19.6 Å². The largest absolute Gasteiger partial charge is 0.497 e. The number of fused-ring (bicyclic) bond motifs is 3. The second kappa shape index (κ2) is 9.30. The molecule has 1 N–H and O–H groups in total. The average Bonchev–Trinajstić information content (AvgIpc) is 2.89. The molecule has 3 aromatic carbocycles. The first-order valence-electron chi connectivity index (χ1n) is 10.5. The van der Waals surface area contributed by atoms with Gasteiger partial charge in [0.1, 0.15) is 11.9 Å². The van der Waals surface area contributed by atoms with E-state index in [2.05, 4.69) is 23.1 Å². The predicted octanol–water partition coefficient (Wildman–Crippen LogP) is 4.34. The van der Waals surface area contributed by atoms with E-state index in [1.54, 1.807) is 23.8 Å². The number of anilines is 1. The third-order valence-corrected chi connectivity index (χ3v) is 7.08. The number of ether oxygens (including phenoxy) is 1. The maximum atomic E-state index is 13.5. The van der Waals surface area contributed by atoms with Crippen molar-refractivity contribution in [2.24, 2.45) is 0 Å². The van der Waals surface area contributed by atoms with E-state index >= 15 is 0 Å². The molecule has 0 spiro atoms. The van der Waals surface area contributed by atoms with E-state index in [0.29, 0.717) is 6.54 Å². The number of methoxy groups -OCH3 is 1. The van der Waals surface area contributed by atoms with Gasteiger partial charge >= 0.3 is 0 Å². The van der Waals surface area contributed by atoms with Crippen molar-refractivity contribution >= 4 is 34.1 Å². The highest BCUT2D eigenvalue weighted by Gasteiger charge is 2.37. The van der Waals surface area contributed by atoms with E-state index in [1.807, 2.05) is 56.6 Å². The molecule has 1 aliphatic heterocycles. The quantitative estimate of drug-likeness (QED) is 0.623. The Balaban J connectivity index is 1.80. The molecule has 3 aromatic rings. The highest BCUT2D eigenvalue weighted by Crippen LogP contribution is 2.48. The molecule has 6 heteroatoms. The number of hydrogen-bond donors (Lipinski definition) is 1. The maximum Gasteiger partial charge on any atom is 0.257 e. The molecule has 0 fully saturated rings. The third kappa shape index (κ3) is 4.42. The van der Waals surface area contributed by atoms with Gasteiger partial charge in [-0.2, -0.15) is 0 Å². The van der Waals surface area contributed by atoms with Crippen molar-refractivity contribution in [2.75, 3.05) is 39.2 Å². The van der Waals surface area contributed by atoms with Crippen LogP contribution in [-0.4, -0.2) is 56.3 Å². The summed E-state index contributed by atoms with van der Waals surface area (Å²) >= 11 is 1.57.